The van der Waals surface area contributed by atoms with Crippen LogP contribution in [0.3, 0.4) is 0 Å². The number of urea groups is 1. The molecule has 0 aromatic heterocycles. The number of hydrogen-bond donors (Lipinski definition) is 1. The summed E-state index contributed by atoms with van der Waals surface area (Å²) in [5.74, 6) is 1.50. The Balaban J connectivity index is 1.46. The molecule has 0 spiro atoms. The van der Waals surface area contributed by atoms with E-state index < -0.39 is 11.6 Å². The number of fused-ring (bicyclic) bond motifs is 1. The molecule has 8 heteroatoms. The molecule has 2 heterocycles. The van der Waals surface area contributed by atoms with Gasteiger partial charge in [0.1, 0.15) is 17.9 Å². The molecule has 2 aliphatic heterocycles. The summed E-state index contributed by atoms with van der Waals surface area (Å²) in [6, 6.07) is 11.7. The summed E-state index contributed by atoms with van der Waals surface area (Å²) in [6.07, 6.45) is 0.790. The van der Waals surface area contributed by atoms with Crippen molar-refractivity contribution >= 4 is 23.5 Å². The second-order valence-electron chi connectivity index (χ2n) is 7.03. The summed E-state index contributed by atoms with van der Waals surface area (Å²) in [4.78, 5) is 26.7. The lowest BCUT2D eigenvalue weighted by Gasteiger charge is -2.23. The molecule has 4 rings (SSSR count). The van der Waals surface area contributed by atoms with Gasteiger partial charge in [0.25, 0.3) is 5.91 Å². The summed E-state index contributed by atoms with van der Waals surface area (Å²) in [7, 11) is 0. The average molecular weight is 417 g/mol. The topological polar surface area (TPSA) is 77.1 Å². The van der Waals surface area contributed by atoms with Gasteiger partial charge in [-0.1, -0.05) is 17.7 Å². The van der Waals surface area contributed by atoms with Crippen LogP contribution in [0.25, 0.3) is 0 Å². The van der Waals surface area contributed by atoms with E-state index in [0.29, 0.717) is 41.0 Å². The van der Waals surface area contributed by atoms with Crippen LogP contribution in [0.4, 0.5) is 4.79 Å². The van der Waals surface area contributed by atoms with Crippen molar-refractivity contribution in [3.63, 3.8) is 0 Å². The van der Waals surface area contributed by atoms with Crippen molar-refractivity contribution in [1.29, 1.82) is 0 Å². The van der Waals surface area contributed by atoms with Gasteiger partial charge in [0, 0.05) is 11.4 Å². The molecule has 1 unspecified atom stereocenters. The number of rotatable bonds is 5. The fraction of sp³-hybridized carbons (Fsp3) is 0.333. The molecule has 2 aromatic rings. The van der Waals surface area contributed by atoms with Gasteiger partial charge in [-0.3, -0.25) is 9.69 Å². The SMILES string of the molecule is CC1(c2ccc3c(c2)OCCCO3)NC(=O)N(CCOc2ccc(Cl)cc2)C1=O. The van der Waals surface area contributed by atoms with Gasteiger partial charge in [-0.2, -0.15) is 0 Å². The van der Waals surface area contributed by atoms with E-state index in [9.17, 15) is 9.59 Å². The molecule has 7 nitrogen and oxygen atoms in total. The molecular formula is C21H21ClN2O5. The highest BCUT2D eigenvalue weighted by molar-refractivity contribution is 6.30. The van der Waals surface area contributed by atoms with E-state index in [0.717, 1.165) is 6.42 Å². The molecule has 29 heavy (non-hydrogen) atoms. The second kappa shape index (κ2) is 7.83. The zero-order valence-corrected chi connectivity index (χ0v) is 16.7. The van der Waals surface area contributed by atoms with Gasteiger partial charge in [0.15, 0.2) is 11.5 Å². The third-order valence-corrected chi connectivity index (χ3v) is 5.25. The fourth-order valence-corrected chi connectivity index (χ4v) is 3.48. The monoisotopic (exact) mass is 416 g/mol. The number of benzene rings is 2. The molecule has 0 bridgehead atoms. The molecule has 0 saturated carbocycles. The van der Waals surface area contributed by atoms with E-state index in [1.165, 1.54) is 4.90 Å². The van der Waals surface area contributed by atoms with Crippen molar-refractivity contribution in [2.75, 3.05) is 26.4 Å². The lowest BCUT2D eigenvalue weighted by atomic mass is 9.91. The maximum Gasteiger partial charge on any atom is 0.325 e. The van der Waals surface area contributed by atoms with E-state index in [4.69, 9.17) is 25.8 Å². The van der Waals surface area contributed by atoms with Gasteiger partial charge >= 0.3 is 6.03 Å². The van der Waals surface area contributed by atoms with E-state index in [-0.39, 0.29) is 19.1 Å². The molecule has 2 aromatic carbocycles. The smallest absolute Gasteiger partial charge is 0.325 e. The number of nitrogens with zero attached hydrogens (tertiary/aromatic N) is 1. The summed E-state index contributed by atoms with van der Waals surface area (Å²) >= 11 is 5.85. The Bertz CT molecular complexity index is 933. The summed E-state index contributed by atoms with van der Waals surface area (Å²) < 4.78 is 17.0. The first kappa shape index (κ1) is 19.4. The summed E-state index contributed by atoms with van der Waals surface area (Å²) in [5.41, 5.74) is -0.539. The summed E-state index contributed by atoms with van der Waals surface area (Å²) in [5, 5.41) is 3.40. The van der Waals surface area contributed by atoms with E-state index in [2.05, 4.69) is 5.32 Å². The maximum absolute atomic E-state index is 13.1. The average Bonchev–Trinajstić information content (AvgIpc) is 2.87. The molecular weight excluding hydrogens is 396 g/mol. The molecule has 0 aliphatic carbocycles. The Kier molecular flexibility index (Phi) is 5.24. The van der Waals surface area contributed by atoms with Gasteiger partial charge in [0.05, 0.1) is 19.8 Å². The van der Waals surface area contributed by atoms with Crippen LogP contribution in [0.2, 0.25) is 5.02 Å². The number of amides is 3. The fourth-order valence-electron chi connectivity index (χ4n) is 3.36. The van der Waals surface area contributed by atoms with Crippen LogP contribution in [0.15, 0.2) is 42.5 Å². The molecule has 1 saturated heterocycles. The zero-order chi connectivity index (χ0) is 20.4. The Labute approximate surface area is 173 Å². The molecule has 3 amide bonds. The van der Waals surface area contributed by atoms with Crippen molar-refractivity contribution in [3.05, 3.63) is 53.1 Å². The van der Waals surface area contributed by atoms with Crippen LogP contribution in [-0.4, -0.2) is 43.2 Å². The first-order chi connectivity index (χ1) is 14.0. The molecule has 152 valence electrons. The lowest BCUT2D eigenvalue weighted by molar-refractivity contribution is -0.131. The largest absolute Gasteiger partial charge is 0.492 e. The number of imide groups is 1. The molecule has 0 radical (unpaired) electrons. The molecule has 2 aliphatic rings. The van der Waals surface area contributed by atoms with Crippen LogP contribution < -0.4 is 19.5 Å². The van der Waals surface area contributed by atoms with Crippen molar-refractivity contribution in [2.24, 2.45) is 0 Å². The highest BCUT2D eigenvalue weighted by atomic mass is 35.5. The number of ether oxygens (including phenoxy) is 3. The first-order valence-electron chi connectivity index (χ1n) is 9.40. The minimum absolute atomic E-state index is 0.132. The standard InChI is InChI=1S/C21H21ClN2O5/c1-21(14-3-8-17-18(13-14)29-11-2-10-28-17)19(25)24(20(26)23-21)9-12-27-16-6-4-15(22)5-7-16/h3-8,13H,2,9-12H2,1H3,(H,23,26). The van der Waals surface area contributed by atoms with Crippen LogP contribution in [0.1, 0.15) is 18.9 Å². The normalized spacial score (nSPS) is 21.0. The lowest BCUT2D eigenvalue weighted by Crippen LogP contribution is -2.41. The molecule has 1 N–H and O–H groups in total. The Morgan fingerprint density at radius 1 is 1.10 bits per heavy atom. The van der Waals surface area contributed by atoms with Gasteiger partial charge in [0.2, 0.25) is 0 Å². The van der Waals surface area contributed by atoms with E-state index >= 15 is 0 Å². The Morgan fingerprint density at radius 3 is 2.59 bits per heavy atom. The quantitative estimate of drug-likeness (QED) is 0.756. The minimum Gasteiger partial charge on any atom is -0.492 e. The van der Waals surface area contributed by atoms with Gasteiger partial charge in [-0.05, 0) is 48.9 Å². The number of nitrogens with one attached hydrogen (secondary N) is 1. The van der Waals surface area contributed by atoms with Crippen molar-refractivity contribution in [2.45, 2.75) is 18.9 Å². The predicted molar refractivity (Wildman–Crippen MR) is 107 cm³/mol. The van der Waals surface area contributed by atoms with Crippen molar-refractivity contribution < 1.29 is 23.8 Å². The van der Waals surface area contributed by atoms with Crippen LogP contribution in [0.5, 0.6) is 17.2 Å². The third kappa shape index (κ3) is 3.82. The Morgan fingerprint density at radius 2 is 1.83 bits per heavy atom. The molecule has 1 atom stereocenters. The van der Waals surface area contributed by atoms with Gasteiger partial charge in [-0.15, -0.1) is 0 Å². The second-order valence-corrected chi connectivity index (χ2v) is 7.46. The third-order valence-electron chi connectivity index (χ3n) is 5.00. The van der Waals surface area contributed by atoms with Crippen LogP contribution in [0, 0.1) is 0 Å². The van der Waals surface area contributed by atoms with Crippen molar-refractivity contribution in [3.8, 4) is 17.2 Å². The maximum atomic E-state index is 13.1. The van der Waals surface area contributed by atoms with Gasteiger partial charge in [-0.25, -0.2) is 4.79 Å². The van der Waals surface area contributed by atoms with Crippen LogP contribution in [-0.2, 0) is 10.3 Å². The number of hydrogen-bond acceptors (Lipinski definition) is 5. The molecule has 1 fully saturated rings. The number of carbonyl (C=O) groups excluding carboxylic acids is 2. The predicted octanol–water partition coefficient (Wildman–Crippen LogP) is 3.35. The summed E-state index contributed by atoms with van der Waals surface area (Å²) in [6.45, 7) is 3.13. The van der Waals surface area contributed by atoms with E-state index in [1.807, 2.05) is 0 Å². The minimum atomic E-state index is -1.18. The van der Waals surface area contributed by atoms with Crippen LogP contribution >= 0.6 is 11.6 Å². The first-order valence-corrected chi connectivity index (χ1v) is 9.78. The number of halogens is 1. The highest BCUT2D eigenvalue weighted by Crippen LogP contribution is 2.36. The Hall–Kier alpha value is -2.93. The number of carbonyl (C=O) groups is 2. The zero-order valence-electron chi connectivity index (χ0n) is 15.9. The van der Waals surface area contributed by atoms with Crippen molar-refractivity contribution in [1.82, 2.24) is 10.2 Å². The van der Waals surface area contributed by atoms with E-state index in [1.54, 1.807) is 49.4 Å². The highest BCUT2D eigenvalue weighted by Gasteiger charge is 2.49. The van der Waals surface area contributed by atoms with Gasteiger partial charge < -0.3 is 19.5 Å².